The molecule has 0 radical (unpaired) electrons. The number of rotatable bonds is 1. The van der Waals surface area contributed by atoms with Crippen molar-refractivity contribution in [1.29, 1.82) is 0 Å². The fourth-order valence-electron chi connectivity index (χ4n) is 1.95. The molecular weight excluding hydrogens is 188 g/mol. The number of hydrogen-bond donors (Lipinski definition) is 0. The van der Waals surface area contributed by atoms with Crippen molar-refractivity contribution in [3.63, 3.8) is 0 Å². The van der Waals surface area contributed by atoms with Gasteiger partial charge in [-0.15, -0.1) is 0 Å². The Balaban J connectivity index is 2.09. The first-order valence-corrected chi connectivity index (χ1v) is 4.78. The largest absolute Gasteiger partial charge is 0.378 e. The molecule has 5 heteroatoms. The van der Waals surface area contributed by atoms with Gasteiger partial charge in [0.05, 0.1) is 24.7 Å². The summed E-state index contributed by atoms with van der Waals surface area (Å²) in [4.78, 5) is 0. The summed E-state index contributed by atoms with van der Waals surface area (Å²) in [7, 11) is 1.67. The summed E-state index contributed by atoms with van der Waals surface area (Å²) in [5.74, 6) is 0.0891. The van der Waals surface area contributed by atoms with Crippen LogP contribution in [0.1, 0.15) is 6.92 Å². The molecule has 14 heavy (non-hydrogen) atoms. The third-order valence-electron chi connectivity index (χ3n) is 2.70. The van der Waals surface area contributed by atoms with Gasteiger partial charge in [-0.25, -0.2) is 0 Å². The maximum Gasteiger partial charge on any atom is 0.170 e. The van der Waals surface area contributed by atoms with Crippen molar-refractivity contribution in [3.8, 4) is 0 Å². The zero-order valence-electron chi connectivity index (χ0n) is 8.47. The minimum absolute atomic E-state index is 0.000278. The Labute approximate surface area is 83.2 Å². The molecule has 4 atom stereocenters. The van der Waals surface area contributed by atoms with E-state index in [-0.39, 0.29) is 38.0 Å². The third-order valence-corrected chi connectivity index (χ3v) is 2.70. The first-order valence-electron chi connectivity index (χ1n) is 4.78. The van der Waals surface area contributed by atoms with Crippen LogP contribution in [-0.2, 0) is 23.7 Å². The molecule has 2 saturated heterocycles. The Bertz CT molecular complexity index is 186. The van der Waals surface area contributed by atoms with Gasteiger partial charge in [-0.2, -0.15) is 0 Å². The third kappa shape index (κ3) is 1.92. The Morgan fingerprint density at radius 3 is 2.71 bits per heavy atom. The van der Waals surface area contributed by atoms with E-state index in [1.807, 2.05) is 6.92 Å². The summed E-state index contributed by atoms with van der Waals surface area (Å²) in [5.41, 5.74) is 0. The SMILES string of the molecule is COC1C(C)OCOC2OCOCC21. The van der Waals surface area contributed by atoms with Crippen LogP contribution in [0.15, 0.2) is 0 Å². The lowest BCUT2D eigenvalue weighted by Crippen LogP contribution is -2.45. The molecule has 4 unspecified atom stereocenters. The van der Waals surface area contributed by atoms with Gasteiger partial charge in [0.2, 0.25) is 0 Å². The summed E-state index contributed by atoms with van der Waals surface area (Å²) >= 11 is 0. The maximum atomic E-state index is 5.42. The molecule has 0 aromatic rings. The van der Waals surface area contributed by atoms with E-state index in [2.05, 4.69) is 0 Å². The zero-order chi connectivity index (χ0) is 9.97. The van der Waals surface area contributed by atoms with Gasteiger partial charge >= 0.3 is 0 Å². The van der Waals surface area contributed by atoms with Crippen LogP contribution in [-0.4, -0.2) is 45.8 Å². The topological polar surface area (TPSA) is 46.2 Å². The first-order chi connectivity index (χ1) is 6.83. The van der Waals surface area contributed by atoms with Gasteiger partial charge in [0.25, 0.3) is 0 Å². The van der Waals surface area contributed by atoms with E-state index in [1.165, 1.54) is 0 Å². The van der Waals surface area contributed by atoms with Crippen LogP contribution in [0.2, 0.25) is 0 Å². The minimum Gasteiger partial charge on any atom is -0.378 e. The Morgan fingerprint density at radius 1 is 1.14 bits per heavy atom. The fourth-order valence-corrected chi connectivity index (χ4v) is 1.95. The van der Waals surface area contributed by atoms with Crippen LogP contribution in [0.25, 0.3) is 0 Å². The van der Waals surface area contributed by atoms with Crippen LogP contribution in [0, 0.1) is 5.92 Å². The summed E-state index contributed by atoms with van der Waals surface area (Å²) in [6, 6.07) is 0. The summed E-state index contributed by atoms with van der Waals surface area (Å²) in [6.07, 6.45) is -0.304. The van der Waals surface area contributed by atoms with Crippen LogP contribution >= 0.6 is 0 Å². The molecular formula is C9H16O5. The normalized spacial score (nSPS) is 44.1. The summed E-state index contributed by atoms with van der Waals surface area (Å²) in [5, 5.41) is 0. The minimum atomic E-state index is -0.265. The molecule has 0 amide bonds. The quantitative estimate of drug-likeness (QED) is 0.616. The molecule has 0 N–H and O–H groups in total. The lowest BCUT2D eigenvalue weighted by atomic mass is 9.98. The molecule has 2 heterocycles. The van der Waals surface area contributed by atoms with E-state index >= 15 is 0 Å². The average Bonchev–Trinajstić information content (AvgIpc) is 2.36. The second-order valence-corrected chi connectivity index (χ2v) is 3.54. The molecule has 0 bridgehead atoms. The van der Waals surface area contributed by atoms with E-state index < -0.39 is 0 Å². The van der Waals surface area contributed by atoms with Gasteiger partial charge in [-0.05, 0) is 6.92 Å². The molecule has 82 valence electrons. The summed E-state index contributed by atoms with van der Waals surface area (Å²) in [6.45, 7) is 3.10. The van der Waals surface area contributed by atoms with E-state index in [9.17, 15) is 0 Å². The smallest absolute Gasteiger partial charge is 0.170 e. The van der Waals surface area contributed by atoms with Gasteiger partial charge in [0, 0.05) is 7.11 Å². The molecule has 2 rings (SSSR count). The Kier molecular flexibility index (Phi) is 3.35. The van der Waals surface area contributed by atoms with E-state index in [0.29, 0.717) is 6.61 Å². The van der Waals surface area contributed by atoms with Gasteiger partial charge in [0.1, 0.15) is 13.6 Å². The lowest BCUT2D eigenvalue weighted by molar-refractivity contribution is -0.279. The highest BCUT2D eigenvalue weighted by Crippen LogP contribution is 2.27. The van der Waals surface area contributed by atoms with Gasteiger partial charge in [-0.1, -0.05) is 0 Å². The molecule has 0 aliphatic carbocycles. The highest BCUT2D eigenvalue weighted by molar-refractivity contribution is 4.81. The molecule has 0 saturated carbocycles. The molecule has 0 spiro atoms. The van der Waals surface area contributed by atoms with Gasteiger partial charge in [-0.3, -0.25) is 0 Å². The van der Waals surface area contributed by atoms with E-state index in [0.717, 1.165) is 0 Å². The average molecular weight is 204 g/mol. The van der Waals surface area contributed by atoms with Crippen molar-refractivity contribution in [3.05, 3.63) is 0 Å². The predicted molar refractivity (Wildman–Crippen MR) is 46.5 cm³/mol. The number of fused-ring (bicyclic) bond motifs is 1. The van der Waals surface area contributed by atoms with Crippen LogP contribution in [0.5, 0.6) is 0 Å². The summed E-state index contributed by atoms with van der Waals surface area (Å²) < 4.78 is 26.8. The molecule has 0 aromatic heterocycles. The van der Waals surface area contributed by atoms with Crippen molar-refractivity contribution >= 4 is 0 Å². The fraction of sp³-hybridized carbons (Fsp3) is 1.00. The van der Waals surface area contributed by atoms with Crippen molar-refractivity contribution in [2.75, 3.05) is 27.3 Å². The van der Waals surface area contributed by atoms with Crippen molar-refractivity contribution < 1.29 is 23.7 Å². The first kappa shape index (κ1) is 10.3. The second-order valence-electron chi connectivity index (χ2n) is 3.54. The molecule has 2 fully saturated rings. The number of methoxy groups -OCH3 is 1. The van der Waals surface area contributed by atoms with Gasteiger partial charge < -0.3 is 23.7 Å². The molecule has 5 nitrogen and oxygen atoms in total. The maximum absolute atomic E-state index is 5.42. The van der Waals surface area contributed by atoms with E-state index in [4.69, 9.17) is 23.7 Å². The zero-order valence-corrected chi connectivity index (χ0v) is 8.47. The Hall–Kier alpha value is -0.200. The predicted octanol–water partition coefficient (Wildman–Crippen LogP) is 0.341. The highest BCUT2D eigenvalue weighted by Gasteiger charge is 2.40. The standard InChI is InChI=1S/C9H16O5/c1-6-8(10-2)7-3-11-4-13-9(7)14-5-12-6/h6-9H,3-5H2,1-2H3. The second kappa shape index (κ2) is 4.55. The van der Waals surface area contributed by atoms with E-state index in [1.54, 1.807) is 7.11 Å². The number of ether oxygens (including phenoxy) is 5. The molecule has 0 aromatic carbocycles. The molecule has 2 aliphatic heterocycles. The number of hydrogen-bond acceptors (Lipinski definition) is 5. The lowest BCUT2D eigenvalue weighted by Gasteiger charge is -2.34. The molecule has 2 aliphatic rings. The van der Waals surface area contributed by atoms with Crippen molar-refractivity contribution in [2.24, 2.45) is 5.92 Å². The van der Waals surface area contributed by atoms with Gasteiger partial charge in [0.15, 0.2) is 6.29 Å². The monoisotopic (exact) mass is 204 g/mol. The van der Waals surface area contributed by atoms with Crippen LogP contribution in [0.3, 0.4) is 0 Å². The van der Waals surface area contributed by atoms with Crippen molar-refractivity contribution in [1.82, 2.24) is 0 Å². The van der Waals surface area contributed by atoms with Crippen LogP contribution < -0.4 is 0 Å². The van der Waals surface area contributed by atoms with Crippen LogP contribution in [0.4, 0.5) is 0 Å². The Morgan fingerprint density at radius 2 is 1.93 bits per heavy atom. The van der Waals surface area contributed by atoms with Crippen molar-refractivity contribution in [2.45, 2.75) is 25.4 Å². The highest BCUT2D eigenvalue weighted by atomic mass is 16.8.